The quantitative estimate of drug-likeness (QED) is 0.330. The number of hydrogen-bond acceptors (Lipinski definition) is 5. The van der Waals surface area contributed by atoms with Crippen LogP contribution in [0.3, 0.4) is 0 Å². The average molecular weight is 473 g/mol. The molecule has 0 saturated carbocycles. The molecule has 0 aromatic heterocycles. The van der Waals surface area contributed by atoms with Crippen molar-refractivity contribution >= 4 is 38.3 Å². The number of quaternary nitrogens is 1. The second kappa shape index (κ2) is 9.29. The molecule has 0 aliphatic carbocycles. The van der Waals surface area contributed by atoms with Crippen LogP contribution in [0.2, 0.25) is 5.02 Å². The second-order valence-corrected chi connectivity index (χ2v) is 10.2. The Bertz CT molecular complexity index is 1210. The highest BCUT2D eigenvalue weighted by Gasteiger charge is 2.39. The summed E-state index contributed by atoms with van der Waals surface area (Å²) in [5.74, 6) is 0.252. The zero-order chi connectivity index (χ0) is 22.8. The summed E-state index contributed by atoms with van der Waals surface area (Å²) in [4.78, 5) is 14.6. The van der Waals surface area contributed by atoms with Gasteiger partial charge in [0.25, 0.3) is 0 Å². The topological polar surface area (TPSA) is 77.5 Å². The third kappa shape index (κ3) is 5.36. The Kier molecular flexibility index (Phi) is 6.65. The minimum Gasteiger partial charge on any atom is -0.744 e. The summed E-state index contributed by atoms with van der Waals surface area (Å²) in [5.41, 5.74) is 0.792. The van der Waals surface area contributed by atoms with Gasteiger partial charge in [-0.2, -0.15) is 0 Å². The Morgan fingerprint density at radius 2 is 1.50 bits per heavy atom. The molecule has 3 saturated heterocycles. The number of rotatable bonds is 4. The van der Waals surface area contributed by atoms with Gasteiger partial charge in [-0.25, -0.2) is 8.42 Å². The summed E-state index contributed by atoms with van der Waals surface area (Å²) in [7, 11) is -4.34. The minimum absolute atomic E-state index is 0.184. The van der Waals surface area contributed by atoms with Crippen molar-refractivity contribution in [2.75, 3.05) is 45.8 Å². The van der Waals surface area contributed by atoms with Gasteiger partial charge in [-0.3, -0.25) is 9.69 Å². The molecule has 3 aromatic carbocycles. The van der Waals surface area contributed by atoms with E-state index in [2.05, 4.69) is 4.90 Å². The fraction of sp³-hybridized carbons (Fsp3) is 0.292. The smallest absolute Gasteiger partial charge is 0.216 e. The number of hydrogen-bond donors (Lipinski definition) is 0. The molecular formula is C24H25ClN2O4S. The Morgan fingerprint density at radius 1 is 0.906 bits per heavy atom. The van der Waals surface area contributed by atoms with E-state index in [-0.39, 0.29) is 10.7 Å². The van der Waals surface area contributed by atoms with Crippen LogP contribution >= 0.6 is 11.6 Å². The number of carbonyl (C=O) groups is 1. The zero-order valence-corrected chi connectivity index (χ0v) is 19.2. The lowest BCUT2D eigenvalue weighted by atomic mass is 10.1. The molecule has 2 bridgehead atoms. The maximum atomic E-state index is 12.3. The molecule has 0 radical (unpaired) electrons. The molecule has 0 spiro atoms. The minimum atomic E-state index is -4.34. The number of piperazine rings is 3. The van der Waals surface area contributed by atoms with Crippen LogP contribution in [0.15, 0.2) is 71.6 Å². The van der Waals surface area contributed by atoms with Crippen LogP contribution < -0.4 is 0 Å². The monoisotopic (exact) mass is 472 g/mol. The maximum Gasteiger partial charge on any atom is 0.216 e. The van der Waals surface area contributed by atoms with Crippen LogP contribution in [0.1, 0.15) is 10.4 Å². The van der Waals surface area contributed by atoms with Gasteiger partial charge in [-0.1, -0.05) is 41.9 Å². The van der Waals surface area contributed by atoms with E-state index < -0.39 is 10.1 Å². The van der Waals surface area contributed by atoms with Crippen molar-refractivity contribution < 1.29 is 22.2 Å². The first-order chi connectivity index (χ1) is 15.2. The van der Waals surface area contributed by atoms with Gasteiger partial charge in [-0.15, -0.1) is 0 Å². The molecule has 6 nitrogen and oxygen atoms in total. The maximum absolute atomic E-state index is 12.3. The van der Waals surface area contributed by atoms with E-state index in [0.29, 0.717) is 11.6 Å². The Balaban J connectivity index is 0.000000158. The van der Waals surface area contributed by atoms with Gasteiger partial charge in [0.15, 0.2) is 0 Å². The predicted octanol–water partition coefficient (Wildman–Crippen LogP) is 3.41. The van der Waals surface area contributed by atoms with Crippen molar-refractivity contribution in [3.63, 3.8) is 0 Å². The van der Waals surface area contributed by atoms with Crippen LogP contribution in [0.25, 0.3) is 10.8 Å². The van der Waals surface area contributed by atoms with Crippen LogP contribution in [0.4, 0.5) is 0 Å². The molecule has 0 atom stereocenters. The first-order valence-corrected chi connectivity index (χ1v) is 12.3. The molecule has 3 heterocycles. The highest BCUT2D eigenvalue weighted by atomic mass is 35.5. The first-order valence-electron chi connectivity index (χ1n) is 10.6. The van der Waals surface area contributed by atoms with Crippen molar-refractivity contribution in [2.45, 2.75) is 4.90 Å². The number of fused-ring (bicyclic) bond motifs is 4. The van der Waals surface area contributed by atoms with Gasteiger partial charge in [0.1, 0.15) is 16.7 Å². The lowest BCUT2D eigenvalue weighted by molar-refractivity contribution is -0.933. The normalized spacial score (nSPS) is 22.2. The fourth-order valence-electron chi connectivity index (χ4n) is 4.32. The summed E-state index contributed by atoms with van der Waals surface area (Å²) in [5, 5.41) is 2.36. The third-order valence-electron chi connectivity index (χ3n) is 6.33. The SMILES string of the molecule is O=C(C[N+]12CCN(CC1)CC2)c1ccc(Cl)cc1.O=S(=O)([O-])c1ccc2ccccc2c1. The molecule has 3 aliphatic rings. The molecule has 168 valence electrons. The van der Waals surface area contributed by atoms with Gasteiger partial charge in [0, 0.05) is 30.2 Å². The van der Waals surface area contributed by atoms with E-state index in [9.17, 15) is 17.8 Å². The molecule has 3 aromatic rings. The van der Waals surface area contributed by atoms with Gasteiger partial charge in [0.2, 0.25) is 5.78 Å². The van der Waals surface area contributed by atoms with Crippen molar-refractivity contribution in [1.29, 1.82) is 0 Å². The number of Topliss-reactive ketones (excluding diaryl/α,β-unsaturated/α-hetero) is 1. The summed E-state index contributed by atoms with van der Waals surface area (Å²) in [6, 6.07) is 18.9. The van der Waals surface area contributed by atoms with Crippen molar-refractivity contribution in [3.8, 4) is 0 Å². The second-order valence-electron chi connectivity index (χ2n) is 8.41. The number of carbonyl (C=O) groups excluding carboxylic acids is 1. The summed E-state index contributed by atoms with van der Waals surface area (Å²) < 4.78 is 33.1. The van der Waals surface area contributed by atoms with Gasteiger partial charge >= 0.3 is 0 Å². The van der Waals surface area contributed by atoms with Gasteiger partial charge < -0.3 is 9.04 Å². The zero-order valence-electron chi connectivity index (χ0n) is 17.6. The number of ketones is 1. The van der Waals surface area contributed by atoms with E-state index in [1.54, 1.807) is 30.3 Å². The first kappa shape index (κ1) is 22.9. The Hall–Kier alpha value is -2.29. The molecule has 0 unspecified atom stereocenters. The molecule has 6 rings (SSSR count). The average Bonchev–Trinajstić information content (AvgIpc) is 2.80. The van der Waals surface area contributed by atoms with Crippen LogP contribution in [0.5, 0.6) is 0 Å². The number of halogens is 1. The van der Waals surface area contributed by atoms with E-state index in [0.717, 1.165) is 60.1 Å². The highest BCUT2D eigenvalue weighted by Crippen LogP contribution is 2.21. The number of benzene rings is 3. The van der Waals surface area contributed by atoms with E-state index in [4.69, 9.17) is 11.6 Å². The lowest BCUT2D eigenvalue weighted by Crippen LogP contribution is -2.68. The Morgan fingerprint density at radius 3 is 2.09 bits per heavy atom. The van der Waals surface area contributed by atoms with Crippen molar-refractivity contribution in [1.82, 2.24) is 4.90 Å². The summed E-state index contributed by atoms with van der Waals surface area (Å²) in [6.45, 7) is 7.46. The van der Waals surface area contributed by atoms with Gasteiger partial charge in [0.05, 0.1) is 24.5 Å². The van der Waals surface area contributed by atoms with Gasteiger partial charge in [-0.05, 0) is 47.2 Å². The van der Waals surface area contributed by atoms with E-state index >= 15 is 0 Å². The van der Waals surface area contributed by atoms with Crippen LogP contribution in [0, 0.1) is 0 Å². The largest absolute Gasteiger partial charge is 0.744 e. The molecule has 0 amide bonds. The molecule has 3 fully saturated rings. The van der Waals surface area contributed by atoms with Crippen LogP contribution in [-0.4, -0.2) is 74.0 Å². The lowest BCUT2D eigenvalue weighted by Gasteiger charge is -2.50. The molecule has 32 heavy (non-hydrogen) atoms. The van der Waals surface area contributed by atoms with Crippen molar-refractivity contribution in [3.05, 3.63) is 77.3 Å². The molecular weight excluding hydrogens is 448 g/mol. The van der Waals surface area contributed by atoms with Crippen LogP contribution in [-0.2, 0) is 10.1 Å². The predicted molar refractivity (Wildman–Crippen MR) is 124 cm³/mol. The molecule has 3 aliphatic heterocycles. The number of nitrogens with zero attached hydrogens (tertiary/aromatic N) is 2. The fourth-order valence-corrected chi connectivity index (χ4v) is 4.96. The molecule has 8 heteroatoms. The third-order valence-corrected chi connectivity index (χ3v) is 7.41. The Labute approximate surface area is 193 Å². The van der Waals surface area contributed by atoms with E-state index in [1.807, 2.05) is 24.3 Å². The standard InChI is InChI=1S/C14H18ClN2O.C10H8O3S/c15-13-3-1-12(2-4-13)14(18)11-17-8-5-16(6-9-17)7-10-17;11-14(12,13)10-6-5-8-3-1-2-4-9(8)7-10/h1-4H,5-11H2;1-7H,(H,11,12,13)/q+1;/p-1. The summed E-state index contributed by atoms with van der Waals surface area (Å²) in [6.07, 6.45) is 0. The summed E-state index contributed by atoms with van der Waals surface area (Å²) >= 11 is 5.85. The highest BCUT2D eigenvalue weighted by molar-refractivity contribution is 7.85. The van der Waals surface area contributed by atoms with Crippen molar-refractivity contribution in [2.24, 2.45) is 0 Å². The molecule has 0 N–H and O–H groups in total. The van der Waals surface area contributed by atoms with E-state index in [1.165, 1.54) is 12.1 Å².